The summed E-state index contributed by atoms with van der Waals surface area (Å²) < 4.78 is 10.6. The molecule has 1 aromatic heterocycles. The van der Waals surface area contributed by atoms with Crippen molar-refractivity contribution in [2.45, 2.75) is 39.8 Å². The van der Waals surface area contributed by atoms with Crippen LogP contribution in [-0.2, 0) is 13.0 Å². The number of nitrogens with zero attached hydrogens (tertiary/aromatic N) is 1. The molecular weight excluding hydrogens is 441 g/mol. The highest BCUT2D eigenvalue weighted by atomic mass is 127. The number of ether oxygens (including phenoxy) is 1. The molecule has 6 heteroatoms. The Kier molecular flexibility index (Phi) is 10.2. The highest BCUT2D eigenvalue weighted by Gasteiger charge is 2.09. The van der Waals surface area contributed by atoms with Gasteiger partial charge in [0.05, 0.1) is 19.9 Å². The maximum atomic E-state index is 5.37. The smallest absolute Gasteiger partial charge is 0.191 e. The van der Waals surface area contributed by atoms with Crippen molar-refractivity contribution in [3.8, 4) is 5.75 Å². The molecule has 1 atom stereocenters. The fourth-order valence-corrected chi connectivity index (χ4v) is 2.20. The van der Waals surface area contributed by atoms with Crippen LogP contribution in [0.1, 0.15) is 32.1 Å². The molecule has 0 aliphatic heterocycles. The number of methoxy groups -OCH3 is 1. The molecule has 1 aromatic carbocycles. The minimum atomic E-state index is 0. The van der Waals surface area contributed by atoms with E-state index in [1.807, 2.05) is 36.4 Å². The summed E-state index contributed by atoms with van der Waals surface area (Å²) in [6.07, 6.45) is 2.53. The van der Waals surface area contributed by atoms with Gasteiger partial charge in [-0.2, -0.15) is 0 Å². The predicted molar refractivity (Wildman–Crippen MR) is 117 cm³/mol. The molecular formula is C20H30IN3O2. The summed E-state index contributed by atoms with van der Waals surface area (Å²) >= 11 is 0. The first-order chi connectivity index (χ1) is 12.1. The fourth-order valence-electron chi connectivity index (χ4n) is 2.20. The van der Waals surface area contributed by atoms with E-state index in [-0.39, 0.29) is 24.0 Å². The molecule has 144 valence electrons. The molecule has 0 fully saturated rings. The molecule has 5 nitrogen and oxygen atoms in total. The average molecular weight is 471 g/mol. The summed E-state index contributed by atoms with van der Waals surface area (Å²) in [4.78, 5) is 4.71. The molecule has 0 saturated heterocycles. The van der Waals surface area contributed by atoms with Crippen molar-refractivity contribution in [2.75, 3.05) is 13.7 Å². The summed E-state index contributed by atoms with van der Waals surface area (Å²) in [7, 11) is 1.67. The number of hydrogen-bond donors (Lipinski definition) is 2. The molecule has 0 spiro atoms. The van der Waals surface area contributed by atoms with Crippen LogP contribution in [0.5, 0.6) is 5.75 Å². The molecule has 1 unspecified atom stereocenters. The van der Waals surface area contributed by atoms with Crippen LogP contribution in [0.3, 0.4) is 0 Å². The van der Waals surface area contributed by atoms with Gasteiger partial charge in [0.1, 0.15) is 11.5 Å². The Morgan fingerprint density at radius 1 is 1.15 bits per heavy atom. The summed E-state index contributed by atoms with van der Waals surface area (Å²) in [5.41, 5.74) is 1.14. The Hall–Kier alpha value is -1.70. The zero-order chi connectivity index (χ0) is 18.1. The van der Waals surface area contributed by atoms with Gasteiger partial charge in [-0.05, 0) is 42.7 Å². The van der Waals surface area contributed by atoms with E-state index >= 15 is 0 Å². The quantitative estimate of drug-likeness (QED) is 0.344. The number of benzene rings is 1. The van der Waals surface area contributed by atoms with Gasteiger partial charge in [-0.1, -0.05) is 26.0 Å². The molecule has 2 N–H and O–H groups in total. The van der Waals surface area contributed by atoms with E-state index in [0.717, 1.165) is 36.0 Å². The van der Waals surface area contributed by atoms with Crippen molar-refractivity contribution in [1.29, 1.82) is 0 Å². The van der Waals surface area contributed by atoms with Gasteiger partial charge < -0.3 is 19.8 Å². The van der Waals surface area contributed by atoms with Gasteiger partial charge >= 0.3 is 0 Å². The number of hydrogen-bond acceptors (Lipinski definition) is 3. The van der Waals surface area contributed by atoms with Gasteiger partial charge in [0.2, 0.25) is 0 Å². The normalized spacial score (nSPS) is 12.4. The molecule has 26 heavy (non-hydrogen) atoms. The van der Waals surface area contributed by atoms with Crippen LogP contribution in [0.4, 0.5) is 0 Å². The van der Waals surface area contributed by atoms with E-state index in [4.69, 9.17) is 14.1 Å². The standard InChI is InChI=1S/C20H29N3O2.HI/c1-15(2)16(3)23-20(21-12-11-19-6-5-13-25-19)22-14-17-7-9-18(24-4)10-8-17;/h5-10,13,15-16H,11-12,14H2,1-4H3,(H2,21,22,23);1H. The van der Waals surface area contributed by atoms with E-state index in [9.17, 15) is 0 Å². The van der Waals surface area contributed by atoms with E-state index < -0.39 is 0 Å². The van der Waals surface area contributed by atoms with Crippen LogP contribution < -0.4 is 15.4 Å². The van der Waals surface area contributed by atoms with Crippen molar-refractivity contribution in [3.63, 3.8) is 0 Å². The second-order valence-electron chi connectivity index (χ2n) is 6.45. The van der Waals surface area contributed by atoms with Crippen LogP contribution in [0.15, 0.2) is 52.1 Å². The second kappa shape index (κ2) is 11.8. The van der Waals surface area contributed by atoms with E-state index in [1.54, 1.807) is 13.4 Å². The highest BCUT2D eigenvalue weighted by Crippen LogP contribution is 2.12. The van der Waals surface area contributed by atoms with Gasteiger partial charge in [-0.25, -0.2) is 4.99 Å². The Morgan fingerprint density at radius 2 is 1.88 bits per heavy atom. The minimum Gasteiger partial charge on any atom is -0.497 e. The first-order valence-electron chi connectivity index (χ1n) is 8.78. The first-order valence-corrected chi connectivity index (χ1v) is 8.78. The summed E-state index contributed by atoms with van der Waals surface area (Å²) in [6, 6.07) is 12.2. The van der Waals surface area contributed by atoms with Crippen molar-refractivity contribution in [1.82, 2.24) is 10.6 Å². The zero-order valence-electron chi connectivity index (χ0n) is 16.0. The van der Waals surface area contributed by atoms with Crippen molar-refractivity contribution >= 4 is 29.9 Å². The summed E-state index contributed by atoms with van der Waals surface area (Å²) in [5, 5.41) is 6.86. The van der Waals surface area contributed by atoms with E-state index in [0.29, 0.717) is 18.5 Å². The van der Waals surface area contributed by atoms with Crippen molar-refractivity contribution in [2.24, 2.45) is 10.9 Å². The molecule has 0 amide bonds. The molecule has 0 aliphatic carbocycles. The van der Waals surface area contributed by atoms with Gasteiger partial charge in [-0.3, -0.25) is 0 Å². The molecule has 2 rings (SSSR count). The topological polar surface area (TPSA) is 58.8 Å². The number of furan rings is 1. The number of guanidine groups is 1. The van der Waals surface area contributed by atoms with Crippen LogP contribution in [0, 0.1) is 5.92 Å². The lowest BCUT2D eigenvalue weighted by atomic mass is 10.1. The maximum absolute atomic E-state index is 5.37. The number of halogens is 1. The van der Waals surface area contributed by atoms with E-state index in [2.05, 4.69) is 31.4 Å². The van der Waals surface area contributed by atoms with Crippen LogP contribution in [0.2, 0.25) is 0 Å². The lowest BCUT2D eigenvalue weighted by molar-refractivity contribution is 0.414. The Labute approximate surface area is 173 Å². The fraction of sp³-hybridized carbons (Fsp3) is 0.450. The Bertz CT molecular complexity index is 640. The predicted octanol–water partition coefficient (Wildman–Crippen LogP) is 4.23. The third-order valence-electron chi connectivity index (χ3n) is 4.19. The first kappa shape index (κ1) is 22.3. The highest BCUT2D eigenvalue weighted by molar-refractivity contribution is 14.0. The average Bonchev–Trinajstić information content (AvgIpc) is 3.13. The van der Waals surface area contributed by atoms with Gasteiger partial charge in [-0.15, -0.1) is 24.0 Å². The Balaban J connectivity index is 0.00000338. The van der Waals surface area contributed by atoms with Gasteiger partial charge in [0.25, 0.3) is 0 Å². The monoisotopic (exact) mass is 471 g/mol. The summed E-state index contributed by atoms with van der Waals surface area (Å²) in [5.74, 6) is 3.18. The van der Waals surface area contributed by atoms with Crippen LogP contribution in [0.25, 0.3) is 0 Å². The lowest BCUT2D eigenvalue weighted by Crippen LogP contribution is -2.44. The third-order valence-corrected chi connectivity index (χ3v) is 4.19. The molecule has 1 heterocycles. The summed E-state index contributed by atoms with van der Waals surface area (Å²) in [6.45, 7) is 7.95. The van der Waals surface area contributed by atoms with Crippen LogP contribution >= 0.6 is 24.0 Å². The molecule has 0 aliphatic rings. The molecule has 0 radical (unpaired) electrons. The van der Waals surface area contributed by atoms with Crippen LogP contribution in [-0.4, -0.2) is 25.7 Å². The maximum Gasteiger partial charge on any atom is 0.191 e. The largest absolute Gasteiger partial charge is 0.497 e. The van der Waals surface area contributed by atoms with Crippen molar-refractivity contribution in [3.05, 3.63) is 54.0 Å². The molecule has 0 saturated carbocycles. The number of nitrogens with one attached hydrogen (secondary N) is 2. The van der Waals surface area contributed by atoms with Gasteiger partial charge in [0, 0.05) is 19.0 Å². The SMILES string of the molecule is COc1ccc(CN=C(NCCc2ccco2)NC(C)C(C)C)cc1.I. The number of rotatable bonds is 8. The van der Waals surface area contributed by atoms with Gasteiger partial charge in [0.15, 0.2) is 5.96 Å². The van der Waals surface area contributed by atoms with E-state index in [1.165, 1.54) is 0 Å². The molecule has 0 bridgehead atoms. The minimum absolute atomic E-state index is 0. The second-order valence-corrected chi connectivity index (χ2v) is 6.45. The number of aliphatic imine (C=N–C) groups is 1. The molecule has 2 aromatic rings. The lowest BCUT2D eigenvalue weighted by Gasteiger charge is -2.21. The van der Waals surface area contributed by atoms with Crippen molar-refractivity contribution < 1.29 is 9.15 Å². The third kappa shape index (κ3) is 7.68. The zero-order valence-corrected chi connectivity index (χ0v) is 18.3. The Morgan fingerprint density at radius 3 is 2.46 bits per heavy atom.